The number of aliphatic imine (C=N–C) groups is 1. The molecule has 0 saturated carbocycles. The number of hydrogen-bond acceptors (Lipinski definition) is 17. The molecule has 20 heteroatoms. The van der Waals surface area contributed by atoms with Crippen LogP contribution >= 0.6 is 22.9 Å². The molecule has 0 radical (unpaired) electrons. The number of amides is 2. The number of amidine groups is 1. The molecule has 0 unspecified atom stereocenters. The molecule has 1 aliphatic rings. The van der Waals surface area contributed by atoms with E-state index >= 15 is 0 Å². The normalized spacial score (nSPS) is 11.0. The monoisotopic (exact) mass is 1020 g/mol. The molecule has 70 heavy (non-hydrogen) atoms. The number of thiophene rings is 1. The van der Waals surface area contributed by atoms with Crippen LogP contribution < -0.4 is 21.5 Å². The van der Waals surface area contributed by atoms with Crippen LogP contribution in [0.25, 0.3) is 0 Å². The molecular weight excluding hydrogens is 935 g/mol. The molecule has 0 bridgehead atoms. The predicted octanol–water partition coefficient (Wildman–Crippen LogP) is 11.5. The van der Waals surface area contributed by atoms with Crippen molar-refractivity contribution in [2.75, 3.05) is 14.1 Å². The van der Waals surface area contributed by atoms with Crippen molar-refractivity contribution in [2.45, 2.75) is 155 Å². The van der Waals surface area contributed by atoms with Crippen molar-refractivity contribution in [3.8, 4) is 17.2 Å². The third-order valence-corrected chi connectivity index (χ3v) is 10.5. The molecule has 396 valence electrons. The number of nitrogens with zero attached hydrogens (tertiary/aromatic N) is 5. The molecule has 5 aromatic heterocycles. The van der Waals surface area contributed by atoms with Gasteiger partial charge in [0, 0.05) is 77.1 Å². The summed E-state index contributed by atoms with van der Waals surface area (Å²) in [4.78, 5) is 42.1. The highest BCUT2D eigenvalue weighted by Gasteiger charge is 2.12. The van der Waals surface area contributed by atoms with E-state index in [2.05, 4.69) is 66.5 Å². The van der Waals surface area contributed by atoms with Crippen molar-refractivity contribution in [1.82, 2.24) is 41.1 Å². The zero-order chi connectivity index (χ0) is 53.6. The van der Waals surface area contributed by atoms with E-state index in [-0.39, 0.29) is 48.2 Å². The van der Waals surface area contributed by atoms with E-state index in [1.807, 2.05) is 103 Å². The molecule has 6 heterocycles. The highest BCUT2D eigenvalue weighted by molar-refractivity contribution is 7.10. The van der Waals surface area contributed by atoms with Gasteiger partial charge in [-0.25, -0.2) is 5.48 Å². The molecule has 0 spiro atoms. The zero-order valence-electron chi connectivity index (χ0n) is 44.2. The first-order valence-corrected chi connectivity index (χ1v) is 24.4. The Kier molecular flexibility index (Phi) is 36.0. The fourth-order valence-corrected chi connectivity index (χ4v) is 5.88. The number of aromatic nitrogens is 5. The first kappa shape index (κ1) is 68.2. The Labute approximate surface area is 425 Å². The van der Waals surface area contributed by atoms with Gasteiger partial charge in [-0.1, -0.05) is 123 Å². The largest absolute Gasteiger partial charge is 0.507 e. The quantitative estimate of drug-likeness (QED) is 0.0762. The number of aromatic hydroxyl groups is 3. The van der Waals surface area contributed by atoms with E-state index in [0.29, 0.717) is 52.5 Å². The Bertz CT molecular complexity index is 2170. The summed E-state index contributed by atoms with van der Waals surface area (Å²) in [6, 6.07) is 3.44. The van der Waals surface area contributed by atoms with Gasteiger partial charge in [-0.3, -0.25) is 14.4 Å². The van der Waals surface area contributed by atoms with Crippen LogP contribution in [0.2, 0.25) is 0 Å². The Morgan fingerprint density at radius 3 is 1.51 bits per heavy atom. The molecule has 1 aliphatic heterocycles. The maximum Gasteiger partial charge on any atom is 0.240 e. The number of aryl methyl sites for hydroxylation is 1. The van der Waals surface area contributed by atoms with E-state index in [0.717, 1.165) is 28.7 Å². The van der Waals surface area contributed by atoms with Gasteiger partial charge in [-0.05, 0) is 42.9 Å². The summed E-state index contributed by atoms with van der Waals surface area (Å²) in [6.07, 6.45) is 4.35. The number of carbonyl (C=O) groups excluding carboxylic acids is 2. The maximum absolute atomic E-state index is 11.4. The fraction of sp³-hybridized carbons (Fsp3) is 0.560. The topological polar surface area (TPSA) is 263 Å². The van der Waals surface area contributed by atoms with Crippen LogP contribution in [0.1, 0.15) is 181 Å². The lowest BCUT2D eigenvalue weighted by Gasteiger charge is -2.02. The summed E-state index contributed by atoms with van der Waals surface area (Å²) in [7, 11) is 3.28. The molecule has 5 aromatic rings. The molecule has 0 saturated heterocycles. The van der Waals surface area contributed by atoms with Crippen molar-refractivity contribution in [3.05, 3.63) is 97.7 Å². The van der Waals surface area contributed by atoms with Gasteiger partial charge in [0.2, 0.25) is 17.7 Å². The number of furan rings is 1. The summed E-state index contributed by atoms with van der Waals surface area (Å²) in [5.74, 6) is 6.45. The van der Waals surface area contributed by atoms with Gasteiger partial charge in [0.1, 0.15) is 29.4 Å². The second-order valence-corrected chi connectivity index (χ2v) is 19.2. The molecular formula is C50H85N9O9S2. The van der Waals surface area contributed by atoms with Crippen molar-refractivity contribution >= 4 is 40.5 Å². The van der Waals surface area contributed by atoms with Crippen LogP contribution in [-0.2, 0) is 14.4 Å². The van der Waals surface area contributed by atoms with Crippen molar-refractivity contribution in [2.24, 2.45) is 22.7 Å². The summed E-state index contributed by atoms with van der Waals surface area (Å²) >= 11 is 2.90. The fourth-order valence-electron chi connectivity index (χ4n) is 4.40. The lowest BCUT2D eigenvalue weighted by molar-refractivity contribution is -0.124. The SMILES string of the molecule is C.C=C1N=C(C(C)C)NO1.CC(C)c1cc(O)co1.CC(C)c1cc(O)cs1.CC(C)c1nn[nH]n1.CC(C)c1nscc1O.CNC(=O)C(C)C.CNC(=O)C(C)C.Cc1cocc(C(C)C)c1=O. The summed E-state index contributed by atoms with van der Waals surface area (Å²) in [5.41, 5.74) is 5.00. The number of hydrogen-bond donors (Lipinski definition) is 7. The van der Waals surface area contributed by atoms with Crippen LogP contribution in [0, 0.1) is 24.7 Å². The molecule has 0 atom stereocenters. The minimum Gasteiger partial charge on any atom is -0.507 e. The van der Waals surface area contributed by atoms with Crippen LogP contribution in [0.5, 0.6) is 17.2 Å². The number of H-pyrrole nitrogens is 1. The second-order valence-electron chi connectivity index (χ2n) is 17.7. The van der Waals surface area contributed by atoms with Crippen LogP contribution in [0.15, 0.2) is 72.8 Å². The first-order valence-electron chi connectivity index (χ1n) is 22.7. The molecule has 18 nitrogen and oxygen atoms in total. The highest BCUT2D eigenvalue weighted by Crippen LogP contribution is 2.27. The Morgan fingerprint density at radius 1 is 0.729 bits per heavy atom. The van der Waals surface area contributed by atoms with E-state index in [4.69, 9.17) is 29.0 Å². The number of hydroxylamine groups is 1. The van der Waals surface area contributed by atoms with Gasteiger partial charge >= 0.3 is 0 Å². The Morgan fingerprint density at radius 2 is 1.30 bits per heavy atom. The van der Waals surface area contributed by atoms with Gasteiger partial charge < -0.3 is 39.6 Å². The van der Waals surface area contributed by atoms with Crippen molar-refractivity contribution < 1.29 is 38.6 Å². The van der Waals surface area contributed by atoms with Gasteiger partial charge in [-0.15, -0.1) is 21.5 Å². The van der Waals surface area contributed by atoms with E-state index in [9.17, 15) is 14.4 Å². The maximum atomic E-state index is 11.4. The third kappa shape index (κ3) is 29.8. The molecule has 0 fully saturated rings. The minimum absolute atomic E-state index is 0. The minimum atomic E-state index is 0. The number of carbonyl (C=O) groups is 2. The predicted molar refractivity (Wildman–Crippen MR) is 285 cm³/mol. The number of aromatic amines is 1. The van der Waals surface area contributed by atoms with E-state index < -0.39 is 0 Å². The third-order valence-electron chi connectivity index (χ3n) is 8.64. The van der Waals surface area contributed by atoms with Crippen molar-refractivity contribution in [1.29, 1.82) is 0 Å². The van der Waals surface area contributed by atoms with E-state index in [1.54, 1.807) is 49.2 Å². The van der Waals surface area contributed by atoms with Gasteiger partial charge in [0.15, 0.2) is 17.0 Å². The average molecular weight is 1020 g/mol. The number of rotatable bonds is 8. The zero-order valence-corrected chi connectivity index (χ0v) is 45.8. The van der Waals surface area contributed by atoms with Gasteiger partial charge in [0.25, 0.3) is 0 Å². The summed E-state index contributed by atoms with van der Waals surface area (Å²) in [6.45, 7) is 37.1. The Balaban J connectivity index is -0.000000734. The van der Waals surface area contributed by atoms with Crippen LogP contribution in [0.3, 0.4) is 0 Å². The molecule has 0 aromatic carbocycles. The molecule has 2 amide bonds. The highest BCUT2D eigenvalue weighted by atomic mass is 32.1. The molecule has 6 rings (SSSR count). The second kappa shape index (κ2) is 36.9. The standard InChI is InChI=1S/C9H12O2.C7H10O2.C7H10OS.C6H10N2O.C6H9NOS.2C5H11NO.C4H8N4.CH4/c1-6(2)8-5-11-4-7(3)9(8)10;2*1-5(2)7-3-6(8)4-9-7;1-4(2)6-7-5(3)9-8-6;1-4(2)6-5(8)3-9-7-6;2*1-4(2)5(7)6-3;1-3(2)4-5-7-8-6-4;/h4-6H,1-3H3;2*3-5,8H,1-2H3;4H,3H2,1-2H3,(H,7,8);3-4,8H,1-2H3;2*4H,1-3H3,(H,6,7);3H,1-2H3,(H,5,6,7,8);1H4. The average Bonchev–Trinajstić information content (AvgIpc) is 4.15. The summed E-state index contributed by atoms with van der Waals surface area (Å²) in [5, 5.41) is 48.6. The summed E-state index contributed by atoms with van der Waals surface area (Å²) < 4.78 is 14.0. The molecule has 0 aliphatic carbocycles. The van der Waals surface area contributed by atoms with Crippen LogP contribution in [-0.4, -0.2) is 72.1 Å². The molecule has 7 N–H and O–H groups in total. The van der Waals surface area contributed by atoms with Gasteiger partial charge in [0.05, 0.1) is 23.6 Å². The number of tetrazole rings is 1. The first-order chi connectivity index (χ1) is 32.1. The van der Waals surface area contributed by atoms with Crippen LogP contribution in [0.4, 0.5) is 0 Å². The van der Waals surface area contributed by atoms with Gasteiger partial charge in [-0.2, -0.15) is 14.6 Å². The van der Waals surface area contributed by atoms with E-state index in [1.165, 1.54) is 35.2 Å². The lowest BCUT2D eigenvalue weighted by Crippen LogP contribution is -2.22. The Hall–Kier alpha value is -6.02. The van der Waals surface area contributed by atoms with Crippen molar-refractivity contribution in [3.63, 3.8) is 0 Å². The lowest BCUT2D eigenvalue weighted by atomic mass is 10.0. The smallest absolute Gasteiger partial charge is 0.240 e. The number of nitrogens with one attached hydrogen (secondary N) is 4.